The third-order valence-electron chi connectivity index (χ3n) is 6.20. The van der Waals surface area contributed by atoms with Crippen LogP contribution in [0.4, 0.5) is 5.69 Å². The third kappa shape index (κ3) is 4.85. The first kappa shape index (κ1) is 24.3. The summed E-state index contributed by atoms with van der Waals surface area (Å²) < 4.78 is 5.85. The summed E-state index contributed by atoms with van der Waals surface area (Å²) in [5.74, 6) is -0.433. The van der Waals surface area contributed by atoms with Crippen LogP contribution in [0.2, 0.25) is 0 Å². The molecule has 1 N–H and O–H groups in total. The van der Waals surface area contributed by atoms with Gasteiger partial charge in [0.1, 0.15) is 11.5 Å². The number of aryl methyl sites for hydroxylation is 2. The van der Waals surface area contributed by atoms with Gasteiger partial charge >= 0.3 is 0 Å². The summed E-state index contributed by atoms with van der Waals surface area (Å²) in [4.78, 5) is 28.1. The summed E-state index contributed by atoms with van der Waals surface area (Å²) in [6.45, 7) is 8.70. The monoisotopic (exact) mass is 469 g/mol. The molecule has 35 heavy (non-hydrogen) atoms. The Bertz CT molecular complexity index is 1260. The van der Waals surface area contributed by atoms with E-state index in [-0.39, 0.29) is 11.3 Å². The van der Waals surface area contributed by atoms with Crippen LogP contribution in [-0.4, -0.2) is 23.4 Å². The van der Waals surface area contributed by atoms with Crippen LogP contribution in [0, 0.1) is 12.8 Å². The minimum absolute atomic E-state index is 0.0796. The van der Waals surface area contributed by atoms with Crippen LogP contribution in [0.3, 0.4) is 0 Å². The van der Waals surface area contributed by atoms with E-state index < -0.39 is 17.7 Å². The van der Waals surface area contributed by atoms with Crippen molar-refractivity contribution in [3.8, 4) is 5.75 Å². The van der Waals surface area contributed by atoms with Crippen LogP contribution in [0.1, 0.15) is 49.1 Å². The largest absolute Gasteiger partial charge is 0.507 e. The van der Waals surface area contributed by atoms with Crippen molar-refractivity contribution in [2.24, 2.45) is 5.92 Å². The van der Waals surface area contributed by atoms with Gasteiger partial charge in [-0.3, -0.25) is 14.5 Å². The first-order chi connectivity index (χ1) is 16.8. The van der Waals surface area contributed by atoms with Gasteiger partial charge in [0.05, 0.1) is 18.2 Å². The van der Waals surface area contributed by atoms with Gasteiger partial charge in [0.25, 0.3) is 11.7 Å². The van der Waals surface area contributed by atoms with Gasteiger partial charge < -0.3 is 9.84 Å². The third-order valence-corrected chi connectivity index (χ3v) is 6.20. The molecule has 1 amide bonds. The van der Waals surface area contributed by atoms with Gasteiger partial charge in [-0.05, 0) is 66.3 Å². The average molecular weight is 470 g/mol. The van der Waals surface area contributed by atoms with Crippen molar-refractivity contribution >= 4 is 23.1 Å². The van der Waals surface area contributed by atoms with E-state index in [1.807, 2.05) is 61.5 Å². The molecule has 1 aliphatic rings. The van der Waals surface area contributed by atoms with E-state index in [4.69, 9.17) is 4.74 Å². The maximum absolute atomic E-state index is 13.3. The highest BCUT2D eigenvalue weighted by Crippen LogP contribution is 2.42. The van der Waals surface area contributed by atoms with Crippen molar-refractivity contribution in [3.05, 3.63) is 101 Å². The zero-order valence-corrected chi connectivity index (χ0v) is 20.6. The van der Waals surface area contributed by atoms with E-state index in [1.54, 1.807) is 18.2 Å². The molecule has 5 nitrogen and oxygen atoms in total. The minimum atomic E-state index is -0.735. The van der Waals surface area contributed by atoms with Gasteiger partial charge in [-0.1, -0.05) is 63.2 Å². The Morgan fingerprint density at radius 2 is 1.69 bits per heavy atom. The van der Waals surface area contributed by atoms with Gasteiger partial charge in [0.2, 0.25) is 0 Å². The SMILES string of the molecule is CCc1ccc(N2C(=O)C(=O)/C(=C(\O)c3ccc(OCC(C)C)c(C)c3)C2c2ccccc2)cc1. The zero-order chi connectivity index (χ0) is 25.1. The average Bonchev–Trinajstić information content (AvgIpc) is 3.13. The quantitative estimate of drug-likeness (QED) is 0.253. The number of benzene rings is 3. The van der Waals surface area contributed by atoms with Crippen molar-refractivity contribution in [2.75, 3.05) is 11.5 Å². The number of hydrogen-bond acceptors (Lipinski definition) is 4. The Balaban J connectivity index is 1.82. The van der Waals surface area contributed by atoms with Gasteiger partial charge in [-0.15, -0.1) is 0 Å². The second kappa shape index (κ2) is 10.2. The Hall–Kier alpha value is -3.86. The standard InChI is InChI=1S/C30H31NO4/c1-5-21-11-14-24(15-12-21)31-27(22-9-7-6-8-10-22)26(29(33)30(31)34)28(32)23-13-16-25(20(4)17-23)35-18-19(2)3/h6-17,19,27,32H,5,18H2,1-4H3/b28-26-. The van der Waals surface area contributed by atoms with E-state index in [0.29, 0.717) is 23.8 Å². The summed E-state index contributed by atoms with van der Waals surface area (Å²) in [6.07, 6.45) is 0.872. The molecule has 0 radical (unpaired) electrons. The fourth-order valence-corrected chi connectivity index (χ4v) is 4.31. The number of ether oxygens (including phenoxy) is 1. The van der Waals surface area contributed by atoms with Gasteiger partial charge in [0, 0.05) is 11.3 Å². The Morgan fingerprint density at radius 1 is 1.00 bits per heavy atom. The maximum Gasteiger partial charge on any atom is 0.300 e. The molecule has 0 bridgehead atoms. The van der Waals surface area contributed by atoms with Crippen molar-refractivity contribution in [3.63, 3.8) is 0 Å². The molecule has 0 aliphatic carbocycles. The number of anilines is 1. The molecule has 3 aromatic carbocycles. The van der Waals surface area contributed by atoms with Crippen molar-refractivity contribution < 1.29 is 19.4 Å². The number of rotatable bonds is 7. The Labute approximate surface area is 206 Å². The highest BCUT2D eigenvalue weighted by Gasteiger charge is 2.46. The van der Waals surface area contributed by atoms with Crippen LogP contribution in [0.25, 0.3) is 5.76 Å². The van der Waals surface area contributed by atoms with Crippen molar-refractivity contribution in [2.45, 2.75) is 40.2 Å². The molecule has 5 heteroatoms. The molecule has 1 fully saturated rings. The predicted molar refractivity (Wildman–Crippen MR) is 139 cm³/mol. The van der Waals surface area contributed by atoms with Crippen LogP contribution in [0.15, 0.2) is 78.4 Å². The normalized spacial score (nSPS) is 17.3. The molecule has 4 rings (SSSR count). The molecule has 3 aromatic rings. The molecule has 1 saturated heterocycles. The molecule has 180 valence electrons. The molecular formula is C30H31NO4. The van der Waals surface area contributed by atoms with E-state index in [9.17, 15) is 14.7 Å². The lowest BCUT2D eigenvalue weighted by Crippen LogP contribution is -2.29. The molecule has 0 spiro atoms. The molecule has 1 heterocycles. The second-order valence-electron chi connectivity index (χ2n) is 9.28. The highest BCUT2D eigenvalue weighted by atomic mass is 16.5. The molecular weight excluding hydrogens is 438 g/mol. The Morgan fingerprint density at radius 3 is 2.29 bits per heavy atom. The van der Waals surface area contributed by atoms with Gasteiger partial charge in [0.15, 0.2) is 0 Å². The molecule has 1 unspecified atom stereocenters. The number of aliphatic hydroxyl groups excluding tert-OH is 1. The first-order valence-corrected chi connectivity index (χ1v) is 12.0. The fourth-order valence-electron chi connectivity index (χ4n) is 4.31. The van der Waals surface area contributed by atoms with Crippen LogP contribution >= 0.6 is 0 Å². The number of Topliss-reactive ketones (excluding diaryl/α,β-unsaturated/α-hetero) is 1. The van der Waals surface area contributed by atoms with Crippen LogP contribution < -0.4 is 9.64 Å². The van der Waals surface area contributed by atoms with Gasteiger partial charge in [-0.25, -0.2) is 0 Å². The van der Waals surface area contributed by atoms with E-state index >= 15 is 0 Å². The molecule has 1 aliphatic heterocycles. The number of aliphatic hydroxyl groups is 1. The summed E-state index contributed by atoms with van der Waals surface area (Å²) in [6, 6.07) is 21.5. The lowest BCUT2D eigenvalue weighted by Gasteiger charge is -2.25. The first-order valence-electron chi connectivity index (χ1n) is 12.0. The predicted octanol–water partition coefficient (Wildman–Crippen LogP) is 6.22. The maximum atomic E-state index is 13.3. The summed E-state index contributed by atoms with van der Waals surface area (Å²) in [7, 11) is 0. The summed E-state index contributed by atoms with van der Waals surface area (Å²) in [5.41, 5.74) is 3.90. The summed E-state index contributed by atoms with van der Waals surface area (Å²) >= 11 is 0. The van der Waals surface area contributed by atoms with E-state index in [0.717, 1.165) is 28.9 Å². The summed E-state index contributed by atoms with van der Waals surface area (Å²) in [5, 5.41) is 11.4. The number of ketones is 1. The highest BCUT2D eigenvalue weighted by molar-refractivity contribution is 6.51. The molecule has 1 atom stereocenters. The smallest absolute Gasteiger partial charge is 0.300 e. The number of amides is 1. The van der Waals surface area contributed by atoms with E-state index in [1.165, 1.54) is 4.90 Å². The Kier molecular flexibility index (Phi) is 7.06. The molecule has 0 aromatic heterocycles. The fraction of sp³-hybridized carbons (Fsp3) is 0.267. The second-order valence-corrected chi connectivity index (χ2v) is 9.28. The number of nitrogens with zero attached hydrogens (tertiary/aromatic N) is 1. The van der Waals surface area contributed by atoms with Gasteiger partial charge in [-0.2, -0.15) is 0 Å². The zero-order valence-electron chi connectivity index (χ0n) is 20.6. The lowest BCUT2D eigenvalue weighted by molar-refractivity contribution is -0.132. The van der Waals surface area contributed by atoms with Crippen molar-refractivity contribution in [1.29, 1.82) is 0 Å². The number of carbonyl (C=O) groups excluding carboxylic acids is 2. The number of hydrogen-bond donors (Lipinski definition) is 1. The minimum Gasteiger partial charge on any atom is -0.507 e. The van der Waals surface area contributed by atoms with Crippen LogP contribution in [0.5, 0.6) is 5.75 Å². The van der Waals surface area contributed by atoms with Crippen LogP contribution in [-0.2, 0) is 16.0 Å². The topological polar surface area (TPSA) is 66.8 Å². The number of carbonyl (C=O) groups is 2. The van der Waals surface area contributed by atoms with Crippen molar-refractivity contribution in [1.82, 2.24) is 0 Å². The lowest BCUT2D eigenvalue weighted by atomic mass is 9.94. The van der Waals surface area contributed by atoms with E-state index in [2.05, 4.69) is 20.8 Å². The molecule has 0 saturated carbocycles.